The van der Waals surface area contributed by atoms with E-state index >= 15 is 0 Å². The normalized spacial score (nSPS) is 16.8. The molecule has 0 spiro atoms. The lowest BCUT2D eigenvalue weighted by atomic mass is 10.1. The Labute approximate surface area is 157 Å². The van der Waals surface area contributed by atoms with Gasteiger partial charge in [-0.15, -0.1) is 0 Å². The van der Waals surface area contributed by atoms with Crippen molar-refractivity contribution < 1.29 is 23.0 Å². The lowest BCUT2D eigenvalue weighted by Gasteiger charge is -2.17. The summed E-state index contributed by atoms with van der Waals surface area (Å²) in [6.45, 7) is 0. The molecule has 0 fully saturated rings. The predicted molar refractivity (Wildman–Crippen MR) is 96.2 cm³/mol. The molecule has 4 rings (SSSR count). The second-order valence-electron chi connectivity index (χ2n) is 6.10. The average Bonchev–Trinajstić information content (AvgIpc) is 3.10. The molecule has 0 aliphatic carbocycles. The van der Waals surface area contributed by atoms with Gasteiger partial charge in [0.05, 0.1) is 19.0 Å². The van der Waals surface area contributed by atoms with Crippen LogP contribution < -0.4 is 10.1 Å². The van der Waals surface area contributed by atoms with Gasteiger partial charge >= 0.3 is 6.18 Å². The lowest BCUT2D eigenvalue weighted by Crippen LogP contribution is -2.27. The number of dihydropyridines is 1. The molecular weight excluding hydrogens is 373 g/mol. The Bertz CT molecular complexity index is 1080. The molecule has 6 nitrogen and oxygen atoms in total. The summed E-state index contributed by atoms with van der Waals surface area (Å²) in [5.74, 6) is 0.583. The molecule has 1 aliphatic rings. The molecule has 0 saturated heterocycles. The van der Waals surface area contributed by atoms with Crippen LogP contribution in [0.1, 0.15) is 11.3 Å². The van der Waals surface area contributed by atoms with Crippen molar-refractivity contribution in [3.05, 3.63) is 66.1 Å². The highest BCUT2D eigenvalue weighted by molar-refractivity contribution is 5.80. The van der Waals surface area contributed by atoms with Crippen molar-refractivity contribution in [3.63, 3.8) is 0 Å². The molecule has 1 aliphatic heterocycles. The number of aliphatic hydroxyl groups is 1. The Morgan fingerprint density at radius 1 is 1.21 bits per heavy atom. The van der Waals surface area contributed by atoms with Gasteiger partial charge in [-0.2, -0.15) is 18.3 Å². The maximum atomic E-state index is 13.7. The molecule has 9 heteroatoms. The van der Waals surface area contributed by atoms with Crippen LogP contribution in [-0.2, 0) is 6.18 Å². The van der Waals surface area contributed by atoms with E-state index in [2.05, 4.69) is 15.4 Å². The van der Waals surface area contributed by atoms with Crippen molar-refractivity contribution in [1.82, 2.24) is 19.9 Å². The number of allylic oxidation sites excluding steroid dienone is 2. The summed E-state index contributed by atoms with van der Waals surface area (Å²) in [5.41, 5.74) is 0.373. The molecule has 2 N–H and O–H groups in total. The Morgan fingerprint density at radius 2 is 1.96 bits per heavy atom. The fourth-order valence-corrected chi connectivity index (χ4v) is 2.99. The first-order valence-corrected chi connectivity index (χ1v) is 8.30. The lowest BCUT2D eigenvalue weighted by molar-refractivity contribution is -0.142. The number of benzene rings is 1. The quantitative estimate of drug-likeness (QED) is 0.721. The maximum absolute atomic E-state index is 13.7. The number of rotatable bonds is 3. The van der Waals surface area contributed by atoms with Crippen LogP contribution in [-0.4, -0.2) is 33.0 Å². The third-order valence-electron chi connectivity index (χ3n) is 4.38. The summed E-state index contributed by atoms with van der Waals surface area (Å²) >= 11 is 0. The molecule has 0 saturated carbocycles. The van der Waals surface area contributed by atoms with E-state index in [1.165, 1.54) is 19.5 Å². The van der Waals surface area contributed by atoms with Gasteiger partial charge in [0.1, 0.15) is 5.75 Å². The van der Waals surface area contributed by atoms with Crippen molar-refractivity contribution >= 4 is 11.2 Å². The first-order valence-electron chi connectivity index (χ1n) is 8.30. The van der Waals surface area contributed by atoms with Crippen LogP contribution in [0.2, 0.25) is 0 Å². The molecule has 3 heterocycles. The molecule has 1 atom stereocenters. The fourth-order valence-electron chi connectivity index (χ4n) is 2.99. The van der Waals surface area contributed by atoms with Crippen LogP contribution in [0.4, 0.5) is 13.2 Å². The SMILES string of the molecule is COc1ccc(-c2cc(C(F)(F)F)n3ncc(C4=CC=CNC4O)c3n2)cc1. The van der Waals surface area contributed by atoms with Crippen molar-refractivity contribution in [3.8, 4) is 17.0 Å². The number of nitrogens with zero attached hydrogens (tertiary/aromatic N) is 3. The van der Waals surface area contributed by atoms with E-state index in [0.717, 1.165) is 10.6 Å². The maximum Gasteiger partial charge on any atom is 0.433 e. The van der Waals surface area contributed by atoms with E-state index in [-0.39, 0.29) is 11.3 Å². The van der Waals surface area contributed by atoms with E-state index < -0.39 is 18.1 Å². The van der Waals surface area contributed by atoms with E-state index in [9.17, 15) is 18.3 Å². The standard InChI is InChI=1S/C19H15F3N4O2/c1-28-12-6-4-11(5-7-12)15-9-16(19(20,21)22)26-17(25-15)14(10-24-26)13-3-2-8-23-18(13)27/h2-10,18,23,27H,1H3. The Kier molecular flexibility index (Phi) is 4.31. The summed E-state index contributed by atoms with van der Waals surface area (Å²) in [5, 5.41) is 16.7. The average molecular weight is 388 g/mol. The summed E-state index contributed by atoms with van der Waals surface area (Å²) in [7, 11) is 1.51. The second-order valence-corrected chi connectivity index (χ2v) is 6.10. The van der Waals surface area contributed by atoms with Crippen LogP contribution >= 0.6 is 0 Å². The van der Waals surface area contributed by atoms with Gasteiger partial charge < -0.3 is 15.2 Å². The second kappa shape index (κ2) is 6.68. The number of methoxy groups -OCH3 is 1. The number of fused-ring (bicyclic) bond motifs is 1. The number of nitrogens with one attached hydrogen (secondary N) is 1. The van der Waals surface area contributed by atoms with Gasteiger partial charge in [0.2, 0.25) is 0 Å². The number of aliphatic hydroxyl groups excluding tert-OH is 1. The predicted octanol–water partition coefficient (Wildman–Crippen LogP) is 3.24. The van der Waals surface area contributed by atoms with Gasteiger partial charge in [-0.1, -0.05) is 6.08 Å². The highest BCUT2D eigenvalue weighted by Crippen LogP contribution is 2.34. The summed E-state index contributed by atoms with van der Waals surface area (Å²) in [6.07, 6.45) is 0.349. The highest BCUT2D eigenvalue weighted by atomic mass is 19.4. The van der Waals surface area contributed by atoms with Crippen LogP contribution in [0.25, 0.3) is 22.5 Å². The Morgan fingerprint density at radius 3 is 2.61 bits per heavy atom. The largest absolute Gasteiger partial charge is 0.497 e. The molecule has 1 unspecified atom stereocenters. The monoisotopic (exact) mass is 388 g/mol. The van der Waals surface area contributed by atoms with Crippen LogP contribution in [0.5, 0.6) is 5.75 Å². The first kappa shape index (κ1) is 18.1. The Hall–Kier alpha value is -3.33. The molecule has 28 heavy (non-hydrogen) atoms. The molecule has 2 aromatic heterocycles. The minimum atomic E-state index is -4.64. The zero-order valence-corrected chi connectivity index (χ0v) is 14.6. The number of ether oxygens (including phenoxy) is 1. The third-order valence-corrected chi connectivity index (χ3v) is 4.38. The van der Waals surface area contributed by atoms with E-state index in [0.29, 0.717) is 22.4 Å². The number of alkyl halides is 3. The van der Waals surface area contributed by atoms with Gasteiger partial charge in [0, 0.05) is 16.7 Å². The topological polar surface area (TPSA) is 71.7 Å². The fraction of sp³-hybridized carbons (Fsp3) is 0.158. The smallest absolute Gasteiger partial charge is 0.433 e. The minimum Gasteiger partial charge on any atom is -0.497 e. The van der Waals surface area contributed by atoms with E-state index in [1.54, 1.807) is 36.4 Å². The van der Waals surface area contributed by atoms with Crippen LogP contribution in [0.15, 0.2) is 54.9 Å². The molecular formula is C19H15F3N4O2. The van der Waals surface area contributed by atoms with Gasteiger partial charge in [0.15, 0.2) is 17.6 Å². The number of hydrogen-bond donors (Lipinski definition) is 2. The minimum absolute atomic E-state index is 0.00282. The molecule has 0 bridgehead atoms. The molecule has 3 aromatic rings. The third kappa shape index (κ3) is 3.09. The number of hydrogen-bond acceptors (Lipinski definition) is 5. The number of halogens is 3. The van der Waals surface area contributed by atoms with Gasteiger partial charge in [0.25, 0.3) is 0 Å². The van der Waals surface area contributed by atoms with Crippen molar-refractivity contribution in [1.29, 1.82) is 0 Å². The van der Waals surface area contributed by atoms with E-state index in [1.807, 2.05) is 0 Å². The molecule has 1 aromatic carbocycles. The summed E-state index contributed by atoms with van der Waals surface area (Å²) in [6, 6.07) is 7.51. The first-order chi connectivity index (χ1) is 13.4. The van der Waals surface area contributed by atoms with Crippen LogP contribution in [0, 0.1) is 0 Å². The van der Waals surface area contributed by atoms with Crippen molar-refractivity contribution in [2.75, 3.05) is 7.11 Å². The number of aromatic nitrogens is 3. The van der Waals surface area contributed by atoms with Gasteiger partial charge in [-0.25, -0.2) is 9.50 Å². The van der Waals surface area contributed by atoms with Crippen molar-refractivity contribution in [2.24, 2.45) is 0 Å². The zero-order valence-electron chi connectivity index (χ0n) is 14.6. The summed E-state index contributed by atoms with van der Waals surface area (Å²) in [4.78, 5) is 4.40. The Balaban J connectivity index is 1.95. The van der Waals surface area contributed by atoms with Gasteiger partial charge in [-0.3, -0.25) is 0 Å². The van der Waals surface area contributed by atoms with E-state index in [4.69, 9.17) is 4.74 Å². The molecule has 0 radical (unpaired) electrons. The summed E-state index contributed by atoms with van der Waals surface area (Å²) < 4.78 is 46.8. The van der Waals surface area contributed by atoms with Crippen LogP contribution in [0.3, 0.4) is 0 Å². The van der Waals surface area contributed by atoms with Gasteiger partial charge in [-0.05, 0) is 42.6 Å². The zero-order chi connectivity index (χ0) is 19.9. The highest BCUT2D eigenvalue weighted by Gasteiger charge is 2.36. The van der Waals surface area contributed by atoms with Crippen molar-refractivity contribution in [2.45, 2.75) is 12.4 Å². The molecule has 144 valence electrons. The molecule has 0 amide bonds.